The Morgan fingerprint density at radius 3 is 1.16 bits per heavy atom. The number of fused-ring (bicyclic) bond motifs is 6. The summed E-state index contributed by atoms with van der Waals surface area (Å²) in [5, 5.41) is 5.04. The fourth-order valence-electron chi connectivity index (χ4n) is 8.65. The molecule has 0 bridgehead atoms. The Morgan fingerprint density at radius 2 is 0.589 bits per heavy atom. The van der Waals surface area contributed by atoms with Crippen molar-refractivity contribution in [1.29, 1.82) is 0 Å². The molecule has 2 heteroatoms. The molecule has 0 N–H and O–H groups in total. The third-order valence-corrected chi connectivity index (χ3v) is 11.3. The molecule has 9 aromatic carbocycles. The van der Waals surface area contributed by atoms with Gasteiger partial charge in [0.25, 0.3) is 0 Å². The minimum atomic E-state index is 1.14. The number of para-hydroxylation sites is 3. The lowest BCUT2D eigenvalue weighted by molar-refractivity contribution is 1.18. The molecule has 0 aliphatic carbocycles. The lowest BCUT2D eigenvalue weighted by atomic mass is 9.93. The highest BCUT2D eigenvalue weighted by atomic mass is 15.0. The lowest BCUT2D eigenvalue weighted by Gasteiger charge is -2.14. The highest BCUT2D eigenvalue weighted by Gasteiger charge is 2.16. The molecule has 11 rings (SSSR count). The van der Waals surface area contributed by atoms with Gasteiger partial charge < -0.3 is 9.13 Å². The summed E-state index contributed by atoms with van der Waals surface area (Å²) < 4.78 is 4.79. The average Bonchev–Trinajstić information content (AvgIpc) is 3.80. The van der Waals surface area contributed by atoms with Gasteiger partial charge >= 0.3 is 0 Å². The molecule has 262 valence electrons. The molecular weight excluding hydrogens is 677 g/mol. The van der Waals surface area contributed by atoms with Crippen LogP contribution in [0.4, 0.5) is 0 Å². The van der Waals surface area contributed by atoms with Crippen LogP contribution in [0, 0.1) is 0 Å². The van der Waals surface area contributed by atoms with E-state index in [9.17, 15) is 0 Å². The van der Waals surface area contributed by atoms with Crippen LogP contribution in [0.1, 0.15) is 0 Å². The van der Waals surface area contributed by atoms with Crippen molar-refractivity contribution in [2.45, 2.75) is 0 Å². The molecule has 56 heavy (non-hydrogen) atoms. The number of aromatic nitrogens is 2. The van der Waals surface area contributed by atoms with E-state index in [-0.39, 0.29) is 0 Å². The van der Waals surface area contributed by atoms with Crippen LogP contribution in [0.3, 0.4) is 0 Å². The third-order valence-electron chi connectivity index (χ3n) is 11.3. The Bertz CT molecular complexity index is 3110. The number of hydrogen-bond donors (Lipinski definition) is 0. The zero-order chi connectivity index (χ0) is 37.0. The topological polar surface area (TPSA) is 9.86 Å². The van der Waals surface area contributed by atoms with Crippen LogP contribution in [-0.2, 0) is 0 Å². The molecular formula is C54H36N2. The predicted octanol–water partition coefficient (Wildman–Crippen LogP) is 14.5. The van der Waals surface area contributed by atoms with Crippen molar-refractivity contribution in [2.75, 3.05) is 0 Å². The molecule has 2 aromatic heterocycles. The monoisotopic (exact) mass is 712 g/mol. The van der Waals surface area contributed by atoms with E-state index < -0.39 is 0 Å². The summed E-state index contributed by atoms with van der Waals surface area (Å²) in [6, 6.07) is 79.4. The normalized spacial score (nSPS) is 11.6. The van der Waals surface area contributed by atoms with Gasteiger partial charge in [0.05, 0.1) is 22.1 Å². The van der Waals surface area contributed by atoms with E-state index in [1.165, 1.54) is 88.1 Å². The van der Waals surface area contributed by atoms with Crippen molar-refractivity contribution >= 4 is 43.6 Å². The van der Waals surface area contributed by atoms with Crippen molar-refractivity contribution in [3.8, 4) is 55.9 Å². The molecule has 0 saturated carbocycles. The van der Waals surface area contributed by atoms with E-state index in [0.29, 0.717) is 0 Å². The molecule has 0 radical (unpaired) electrons. The van der Waals surface area contributed by atoms with E-state index in [2.05, 4.69) is 228 Å². The summed E-state index contributed by atoms with van der Waals surface area (Å²) in [4.78, 5) is 0. The molecule has 0 aliphatic rings. The summed E-state index contributed by atoms with van der Waals surface area (Å²) in [5.74, 6) is 0. The van der Waals surface area contributed by atoms with Gasteiger partial charge in [-0.15, -0.1) is 0 Å². The van der Waals surface area contributed by atoms with Gasteiger partial charge in [-0.3, -0.25) is 0 Å². The first-order valence-corrected chi connectivity index (χ1v) is 19.3. The fraction of sp³-hybridized carbons (Fsp3) is 0. The fourth-order valence-corrected chi connectivity index (χ4v) is 8.65. The molecule has 2 nitrogen and oxygen atoms in total. The van der Waals surface area contributed by atoms with Crippen molar-refractivity contribution in [1.82, 2.24) is 9.13 Å². The van der Waals surface area contributed by atoms with Gasteiger partial charge in [0.2, 0.25) is 0 Å². The highest BCUT2D eigenvalue weighted by Crippen LogP contribution is 2.38. The third kappa shape index (κ3) is 5.34. The maximum absolute atomic E-state index is 2.42. The first kappa shape index (κ1) is 32.0. The van der Waals surface area contributed by atoms with Crippen molar-refractivity contribution in [3.63, 3.8) is 0 Å². The zero-order valence-corrected chi connectivity index (χ0v) is 30.7. The minimum Gasteiger partial charge on any atom is -0.309 e. The molecule has 2 heterocycles. The quantitative estimate of drug-likeness (QED) is 0.162. The van der Waals surface area contributed by atoms with Crippen LogP contribution in [0.15, 0.2) is 218 Å². The smallest absolute Gasteiger partial charge is 0.0541 e. The Hall–Kier alpha value is -7.42. The molecule has 0 spiro atoms. The summed E-state index contributed by atoms with van der Waals surface area (Å²) >= 11 is 0. The van der Waals surface area contributed by atoms with Gasteiger partial charge in [0.1, 0.15) is 0 Å². The van der Waals surface area contributed by atoms with Crippen molar-refractivity contribution < 1.29 is 0 Å². The van der Waals surface area contributed by atoms with Crippen molar-refractivity contribution in [2.24, 2.45) is 0 Å². The largest absolute Gasteiger partial charge is 0.309 e. The molecule has 0 atom stereocenters. The Labute approximate surface area is 325 Å². The molecule has 0 unspecified atom stereocenters. The van der Waals surface area contributed by atoms with E-state index in [0.717, 1.165) is 11.4 Å². The van der Waals surface area contributed by atoms with E-state index in [4.69, 9.17) is 0 Å². The maximum Gasteiger partial charge on any atom is 0.0541 e. The molecule has 0 aliphatic heterocycles. The average molecular weight is 713 g/mol. The lowest BCUT2D eigenvalue weighted by Crippen LogP contribution is -1.95. The number of nitrogens with zero attached hydrogens (tertiary/aromatic N) is 2. The summed E-state index contributed by atoms with van der Waals surface area (Å²) in [6.07, 6.45) is 0. The van der Waals surface area contributed by atoms with Gasteiger partial charge in [-0.25, -0.2) is 0 Å². The summed E-state index contributed by atoms with van der Waals surface area (Å²) in [6.45, 7) is 0. The highest BCUT2D eigenvalue weighted by molar-refractivity contribution is 6.11. The molecule has 0 amide bonds. The first-order chi connectivity index (χ1) is 27.8. The van der Waals surface area contributed by atoms with Crippen LogP contribution in [0.2, 0.25) is 0 Å². The van der Waals surface area contributed by atoms with Gasteiger partial charge in [-0.05, 0) is 117 Å². The number of hydrogen-bond acceptors (Lipinski definition) is 0. The van der Waals surface area contributed by atoms with Crippen LogP contribution in [0.5, 0.6) is 0 Å². The van der Waals surface area contributed by atoms with Crippen molar-refractivity contribution in [3.05, 3.63) is 218 Å². The zero-order valence-electron chi connectivity index (χ0n) is 30.7. The van der Waals surface area contributed by atoms with Crippen LogP contribution in [0.25, 0.3) is 99.5 Å². The Kier molecular flexibility index (Phi) is 7.53. The van der Waals surface area contributed by atoms with Gasteiger partial charge in [0, 0.05) is 32.9 Å². The van der Waals surface area contributed by atoms with Crippen LogP contribution < -0.4 is 0 Å². The summed E-state index contributed by atoms with van der Waals surface area (Å²) in [5.41, 5.74) is 16.8. The van der Waals surface area contributed by atoms with Gasteiger partial charge in [-0.2, -0.15) is 0 Å². The Balaban J connectivity index is 1.01. The predicted molar refractivity (Wildman–Crippen MR) is 237 cm³/mol. The first-order valence-electron chi connectivity index (χ1n) is 19.3. The summed E-state index contributed by atoms with van der Waals surface area (Å²) in [7, 11) is 0. The molecule has 0 fully saturated rings. The van der Waals surface area contributed by atoms with E-state index in [1.807, 2.05) is 0 Å². The maximum atomic E-state index is 2.42. The van der Waals surface area contributed by atoms with Gasteiger partial charge in [-0.1, -0.05) is 146 Å². The molecule has 11 aromatic rings. The Morgan fingerprint density at radius 1 is 0.196 bits per heavy atom. The number of benzene rings is 9. The standard InChI is InChI=1S/C54H36N2/c1-3-14-37(15-4-1)42-32-43(38-16-5-2-6-17-38)34-44(33-42)40-18-13-19-46(35-40)56-53-25-12-9-22-49(53)50-36-41(28-31-54(50)56)39-26-29-45(30-27-39)55-51-23-10-7-20-47(51)48-21-8-11-24-52(48)55/h1-36H. The number of rotatable bonds is 6. The molecule has 0 saturated heterocycles. The second kappa shape index (κ2) is 13.2. The van der Waals surface area contributed by atoms with Crippen LogP contribution in [-0.4, -0.2) is 9.13 Å². The second-order valence-electron chi connectivity index (χ2n) is 14.6. The minimum absolute atomic E-state index is 1.14. The van der Waals surface area contributed by atoms with E-state index >= 15 is 0 Å². The second-order valence-corrected chi connectivity index (χ2v) is 14.6. The van der Waals surface area contributed by atoms with E-state index in [1.54, 1.807) is 0 Å². The van der Waals surface area contributed by atoms with Gasteiger partial charge in [0.15, 0.2) is 0 Å². The van der Waals surface area contributed by atoms with Crippen LogP contribution >= 0.6 is 0 Å². The SMILES string of the molecule is c1ccc(-c2cc(-c3ccccc3)cc(-c3cccc(-n4c5ccccc5c5cc(-c6ccc(-n7c8ccccc8c8ccccc87)cc6)ccc54)c3)c2)cc1.